The molecule has 1 fully saturated rings. The van der Waals surface area contributed by atoms with Crippen LogP contribution in [0, 0.1) is 0 Å². The van der Waals surface area contributed by atoms with Gasteiger partial charge in [-0.05, 0) is 31.2 Å². The molecule has 0 spiro atoms. The van der Waals surface area contributed by atoms with Gasteiger partial charge in [0.05, 0.1) is 24.8 Å². The van der Waals surface area contributed by atoms with Crippen LogP contribution in [0.5, 0.6) is 0 Å². The average molecular weight is 344 g/mol. The first-order chi connectivity index (χ1) is 12.2. The van der Waals surface area contributed by atoms with E-state index < -0.39 is 0 Å². The van der Waals surface area contributed by atoms with Crippen LogP contribution in [-0.4, -0.2) is 54.7 Å². The summed E-state index contributed by atoms with van der Waals surface area (Å²) in [5.74, 6) is 0.351. The molecule has 2 aromatic rings. The van der Waals surface area contributed by atoms with Gasteiger partial charge in [-0.1, -0.05) is 0 Å². The van der Waals surface area contributed by atoms with Crippen molar-refractivity contribution in [2.45, 2.75) is 6.92 Å². The number of furan rings is 1. The van der Waals surface area contributed by atoms with Crippen molar-refractivity contribution in [1.82, 2.24) is 9.88 Å². The second-order valence-electron chi connectivity index (χ2n) is 5.51. The van der Waals surface area contributed by atoms with Crippen LogP contribution in [-0.2, 0) is 4.74 Å². The van der Waals surface area contributed by atoms with E-state index in [1.54, 1.807) is 36.2 Å². The number of hydrogen-bond donors (Lipinski definition) is 1. The molecule has 0 unspecified atom stereocenters. The Hall–Kier alpha value is -3.03. The van der Waals surface area contributed by atoms with Crippen LogP contribution in [0.15, 0.2) is 41.1 Å². The first-order valence-electron chi connectivity index (χ1n) is 8.15. The summed E-state index contributed by atoms with van der Waals surface area (Å²) in [6.07, 6.45) is 2.88. The number of aromatic nitrogens is 1. The van der Waals surface area contributed by atoms with Gasteiger partial charge in [0.1, 0.15) is 5.82 Å². The lowest BCUT2D eigenvalue weighted by Crippen LogP contribution is -2.49. The molecule has 8 heteroatoms. The Morgan fingerprint density at radius 1 is 1.24 bits per heavy atom. The minimum atomic E-state index is -0.340. The number of piperazine rings is 1. The Balaban J connectivity index is 1.54. The third kappa shape index (κ3) is 4.09. The topological polar surface area (TPSA) is 87.9 Å². The van der Waals surface area contributed by atoms with Gasteiger partial charge in [0.25, 0.3) is 5.91 Å². The fraction of sp³-hybridized carbons (Fsp3) is 0.353. The fourth-order valence-electron chi connectivity index (χ4n) is 2.59. The molecule has 3 heterocycles. The van der Waals surface area contributed by atoms with Crippen LogP contribution in [0.1, 0.15) is 17.5 Å². The summed E-state index contributed by atoms with van der Waals surface area (Å²) in [4.78, 5) is 31.7. The van der Waals surface area contributed by atoms with Crippen molar-refractivity contribution in [3.63, 3.8) is 0 Å². The van der Waals surface area contributed by atoms with E-state index in [0.29, 0.717) is 38.6 Å². The second-order valence-corrected chi connectivity index (χ2v) is 5.51. The highest BCUT2D eigenvalue weighted by Crippen LogP contribution is 2.18. The number of carbonyl (C=O) groups is 2. The molecular formula is C17H20N4O4. The number of carbonyl (C=O) groups excluding carboxylic acids is 2. The van der Waals surface area contributed by atoms with E-state index in [2.05, 4.69) is 15.2 Å². The van der Waals surface area contributed by atoms with Gasteiger partial charge in [0, 0.05) is 26.2 Å². The molecule has 0 bridgehead atoms. The Morgan fingerprint density at radius 3 is 2.64 bits per heavy atom. The van der Waals surface area contributed by atoms with Crippen LogP contribution in [0.4, 0.5) is 16.3 Å². The third-order valence-electron chi connectivity index (χ3n) is 3.91. The SMILES string of the molecule is CCOC(=O)N1CCN(c2ccc(NC(=O)c3ccco3)nc2)CC1. The van der Waals surface area contributed by atoms with E-state index in [-0.39, 0.29) is 17.8 Å². The second kappa shape index (κ2) is 7.69. The summed E-state index contributed by atoms with van der Waals surface area (Å²) in [5.41, 5.74) is 0.944. The molecule has 1 aliphatic heterocycles. The van der Waals surface area contributed by atoms with Gasteiger partial charge in [-0.3, -0.25) is 4.79 Å². The zero-order valence-corrected chi connectivity index (χ0v) is 14.0. The maximum Gasteiger partial charge on any atom is 0.409 e. The van der Waals surface area contributed by atoms with Crippen molar-refractivity contribution >= 4 is 23.5 Å². The van der Waals surface area contributed by atoms with E-state index in [1.165, 1.54) is 6.26 Å². The highest BCUT2D eigenvalue weighted by Gasteiger charge is 2.22. The molecule has 1 N–H and O–H groups in total. The van der Waals surface area contributed by atoms with Crippen LogP contribution < -0.4 is 10.2 Å². The van der Waals surface area contributed by atoms with Crippen LogP contribution >= 0.6 is 0 Å². The molecule has 1 saturated heterocycles. The zero-order chi connectivity index (χ0) is 17.6. The predicted octanol–water partition coefficient (Wildman–Crippen LogP) is 2.21. The van der Waals surface area contributed by atoms with E-state index >= 15 is 0 Å². The molecule has 2 amide bonds. The first kappa shape index (κ1) is 16.8. The molecule has 25 heavy (non-hydrogen) atoms. The van der Waals surface area contributed by atoms with Gasteiger partial charge in [-0.25, -0.2) is 9.78 Å². The van der Waals surface area contributed by atoms with Crippen molar-refractivity contribution < 1.29 is 18.7 Å². The molecule has 2 aromatic heterocycles. The normalized spacial score (nSPS) is 14.3. The van der Waals surface area contributed by atoms with Gasteiger partial charge < -0.3 is 24.3 Å². The summed E-state index contributed by atoms with van der Waals surface area (Å²) < 4.78 is 10.1. The fourth-order valence-corrected chi connectivity index (χ4v) is 2.59. The summed E-state index contributed by atoms with van der Waals surface area (Å²) in [6, 6.07) is 6.88. The number of hydrogen-bond acceptors (Lipinski definition) is 6. The standard InChI is InChI=1S/C17H20N4O4/c1-2-24-17(23)21-9-7-20(8-10-21)13-5-6-15(18-12-13)19-16(22)14-4-3-11-25-14/h3-6,11-12H,2,7-10H2,1H3,(H,18,19,22). The number of pyridine rings is 1. The summed E-state index contributed by atoms with van der Waals surface area (Å²) in [5, 5.41) is 2.68. The Kier molecular flexibility index (Phi) is 5.17. The molecule has 0 radical (unpaired) electrons. The summed E-state index contributed by atoms with van der Waals surface area (Å²) in [6.45, 7) is 4.81. The van der Waals surface area contributed by atoms with Gasteiger partial charge in [0.15, 0.2) is 5.76 Å². The highest BCUT2D eigenvalue weighted by molar-refractivity contribution is 6.01. The van der Waals surface area contributed by atoms with Crippen molar-refractivity contribution in [3.8, 4) is 0 Å². The Bertz CT molecular complexity index is 707. The van der Waals surface area contributed by atoms with Crippen molar-refractivity contribution in [2.24, 2.45) is 0 Å². The number of ether oxygens (including phenoxy) is 1. The molecule has 0 aromatic carbocycles. The molecule has 0 atom stereocenters. The van der Waals surface area contributed by atoms with E-state index in [9.17, 15) is 9.59 Å². The molecule has 8 nitrogen and oxygen atoms in total. The zero-order valence-electron chi connectivity index (χ0n) is 14.0. The maximum atomic E-state index is 11.9. The number of rotatable bonds is 4. The van der Waals surface area contributed by atoms with Gasteiger partial charge in [-0.2, -0.15) is 0 Å². The van der Waals surface area contributed by atoms with Gasteiger partial charge in [0.2, 0.25) is 0 Å². The van der Waals surface area contributed by atoms with Crippen LogP contribution in [0.3, 0.4) is 0 Å². The largest absolute Gasteiger partial charge is 0.459 e. The molecule has 1 aliphatic rings. The lowest BCUT2D eigenvalue weighted by atomic mass is 10.3. The van der Waals surface area contributed by atoms with Crippen molar-refractivity contribution in [1.29, 1.82) is 0 Å². The van der Waals surface area contributed by atoms with Gasteiger partial charge >= 0.3 is 6.09 Å². The summed E-state index contributed by atoms with van der Waals surface area (Å²) in [7, 11) is 0. The Morgan fingerprint density at radius 2 is 2.04 bits per heavy atom. The first-order valence-corrected chi connectivity index (χ1v) is 8.15. The lowest BCUT2D eigenvalue weighted by molar-refractivity contribution is 0.0995. The molecular weight excluding hydrogens is 324 g/mol. The monoisotopic (exact) mass is 344 g/mol. The maximum absolute atomic E-state index is 11.9. The van der Waals surface area contributed by atoms with Crippen molar-refractivity contribution in [3.05, 3.63) is 42.5 Å². The van der Waals surface area contributed by atoms with Crippen LogP contribution in [0.25, 0.3) is 0 Å². The molecule has 3 rings (SSSR count). The number of nitrogens with one attached hydrogen (secondary N) is 1. The van der Waals surface area contributed by atoms with E-state index in [0.717, 1.165) is 5.69 Å². The van der Waals surface area contributed by atoms with E-state index in [1.807, 2.05) is 6.07 Å². The minimum absolute atomic E-state index is 0.237. The summed E-state index contributed by atoms with van der Waals surface area (Å²) >= 11 is 0. The molecule has 132 valence electrons. The molecule has 0 saturated carbocycles. The van der Waals surface area contributed by atoms with Crippen molar-refractivity contribution in [2.75, 3.05) is 43.0 Å². The van der Waals surface area contributed by atoms with Crippen LogP contribution in [0.2, 0.25) is 0 Å². The lowest BCUT2D eigenvalue weighted by Gasteiger charge is -2.35. The predicted molar refractivity (Wildman–Crippen MR) is 91.7 cm³/mol. The minimum Gasteiger partial charge on any atom is -0.459 e. The smallest absolute Gasteiger partial charge is 0.409 e. The number of nitrogens with zero attached hydrogens (tertiary/aromatic N) is 3. The molecule has 0 aliphatic carbocycles. The highest BCUT2D eigenvalue weighted by atomic mass is 16.6. The Labute approximate surface area is 145 Å². The third-order valence-corrected chi connectivity index (χ3v) is 3.91. The van der Waals surface area contributed by atoms with Gasteiger partial charge in [-0.15, -0.1) is 0 Å². The average Bonchev–Trinajstić information content (AvgIpc) is 3.18. The number of amides is 2. The quantitative estimate of drug-likeness (QED) is 0.915. The van der Waals surface area contributed by atoms with E-state index in [4.69, 9.17) is 9.15 Å². The number of anilines is 2.